The maximum absolute atomic E-state index is 12.5. The quantitative estimate of drug-likeness (QED) is 0.0224. The van der Waals surface area contributed by atoms with Gasteiger partial charge in [0.25, 0.3) is 5.24 Å². The summed E-state index contributed by atoms with van der Waals surface area (Å²) in [5.74, 6) is -2.37. The number of urea groups is 1. The van der Waals surface area contributed by atoms with E-state index in [1.165, 1.54) is 47.9 Å². The molecule has 1 aromatic carbocycles. The van der Waals surface area contributed by atoms with Crippen LogP contribution in [0.25, 0.3) is 34.2 Å². The Balaban J connectivity index is 0.000000487. The first-order valence-corrected chi connectivity index (χ1v) is 39.6. The van der Waals surface area contributed by atoms with E-state index in [0.717, 1.165) is 96.7 Å². The van der Waals surface area contributed by atoms with E-state index in [2.05, 4.69) is 101 Å². The zero-order valence-corrected chi connectivity index (χ0v) is 70.1. The Hall–Kier alpha value is -11.8. The maximum Gasteiger partial charge on any atom is 0.410 e. The molecule has 122 heavy (non-hydrogen) atoms. The standard InChI is InChI=1S/C16H14ClN5O2.C14H18N4O3.C14H18N2O5.C10H17NO3.C9H10N4O.C4H2ClNO2.C4H3NO3.C2H6O.3CH4.Cl2OS.H2N2.H2/c17-10-2-1-3-11(6-10)19-16(23)22-5-4-13-12(7-22)15(21-20-13)14-8-24-9-18-14;1-14(2,3)21-13(19)18-5-4-10-9(6-18)12(17-16-10)11-7-20-8-15-11;1-14(2,3)21-13(19)16-5-4-11(17)9(6-16)12(18)10-7-20-8-15-10;1-10(2,3)14-9(13)11-6-4-8(12)5-7-11;1-2-10-3-6-7(1)12-13-9(6)8-4-14-5-11-8;5-4(7)3-1-8-2-6-3;6-4(7)3-1-8-2-5-3;1-2-3;;;;1-4(2)3;1-2;/h1-3,6,8-9H,4-5,7H2,(H,19,23)(H,20,21);7-8H,4-6H2,1-3H3,(H,16,17);7-9H,4-6H2,1-3H3;4-7H2,1-3H3;4-5,10H,1-3H2,(H,12,13);1-2H;1-2H,(H,6,7);3H,2H2,1H3;3*1H4;;1-2H;1H. The summed E-state index contributed by atoms with van der Waals surface area (Å²) in [6.45, 7) is 23.6. The molecular formula is C76H104Cl4N20O21S. The fourth-order valence-electron chi connectivity index (χ4n) is 10.8. The minimum absolute atomic E-state index is 0. The lowest BCUT2D eigenvalue weighted by molar-refractivity contribution is -0.124. The second-order valence-electron chi connectivity index (χ2n) is 28.2. The summed E-state index contributed by atoms with van der Waals surface area (Å²) in [4.78, 5) is 133. The summed E-state index contributed by atoms with van der Waals surface area (Å²) in [5, 5.41) is 43.8. The number of benzene rings is 1. The normalized spacial score (nSPS) is 14.1. The molecular weight excluding hydrogens is 1700 g/mol. The molecule has 0 spiro atoms. The smallest absolute Gasteiger partial charge is 0.410 e. The first kappa shape index (κ1) is 104. The Morgan fingerprint density at radius 2 is 0.951 bits per heavy atom. The number of aliphatic hydroxyl groups is 1. The number of hydrogen-bond acceptors (Lipinski definition) is 32. The molecule has 668 valence electrons. The van der Waals surface area contributed by atoms with Gasteiger partial charge in [-0.2, -0.15) is 15.3 Å². The summed E-state index contributed by atoms with van der Waals surface area (Å²) in [7, 11) is 7.36. The molecule has 46 heteroatoms. The lowest BCUT2D eigenvalue weighted by Crippen LogP contribution is -2.48. The van der Waals surface area contributed by atoms with Gasteiger partial charge in [0, 0.05) is 165 Å². The van der Waals surface area contributed by atoms with Crippen molar-refractivity contribution in [3.63, 3.8) is 0 Å². The Morgan fingerprint density at radius 3 is 1.35 bits per heavy atom. The Morgan fingerprint density at radius 1 is 0.566 bits per heavy atom. The number of Topliss-reactive ketones (excluding diaryl/α,β-unsaturated/α-hetero) is 3. The number of H-pyrrole nitrogens is 3. The van der Waals surface area contributed by atoms with Crippen molar-refractivity contribution >= 4 is 112 Å². The number of ketones is 3. The zero-order chi connectivity index (χ0) is 87.6. The van der Waals surface area contributed by atoms with E-state index in [4.69, 9.17) is 80.6 Å². The van der Waals surface area contributed by atoms with E-state index in [-0.39, 0.29) is 96.7 Å². The second-order valence-corrected chi connectivity index (χ2v) is 31.5. The number of aromatic nitrogens is 12. The largest absolute Gasteiger partial charge is 0.476 e. The van der Waals surface area contributed by atoms with Crippen LogP contribution in [0.2, 0.25) is 5.02 Å². The molecule has 1 unspecified atom stereocenters. The van der Waals surface area contributed by atoms with E-state index < -0.39 is 55.0 Å². The van der Waals surface area contributed by atoms with Gasteiger partial charge in [0.15, 0.2) is 55.5 Å². The molecule has 2 fully saturated rings. The lowest BCUT2D eigenvalue weighted by atomic mass is 9.91. The number of amides is 5. The van der Waals surface area contributed by atoms with Gasteiger partial charge in [-0.25, -0.2) is 69.1 Å². The Labute approximate surface area is 725 Å². The number of ether oxygens (including phenoxy) is 3. The molecule has 41 nitrogen and oxygen atoms in total. The van der Waals surface area contributed by atoms with Crippen molar-refractivity contribution < 1.29 is 99.7 Å². The van der Waals surface area contributed by atoms with Gasteiger partial charge in [-0.1, -0.05) is 39.9 Å². The van der Waals surface area contributed by atoms with Crippen molar-refractivity contribution in [3.8, 4) is 34.2 Å². The summed E-state index contributed by atoms with van der Waals surface area (Å²) in [5.41, 5.74) is 20.2. The van der Waals surface area contributed by atoms with Gasteiger partial charge in [0.2, 0.25) is 9.23 Å². The third-order valence-corrected chi connectivity index (χ3v) is 16.5. The summed E-state index contributed by atoms with van der Waals surface area (Å²) in [6, 6.07) is 6.91. The Kier molecular flexibility index (Phi) is 43.7. The van der Waals surface area contributed by atoms with Crippen LogP contribution in [0.15, 0.2) is 127 Å². The third kappa shape index (κ3) is 34.4. The van der Waals surface area contributed by atoms with Crippen LogP contribution in [0.3, 0.4) is 0 Å². The number of rotatable bonds is 8. The second kappa shape index (κ2) is 51.1. The fraction of sp³-hybridized carbons (Fsp3) is 0.447. The topological polar surface area (TPSA) is 566 Å². The highest BCUT2D eigenvalue weighted by Crippen LogP contribution is 2.31. The molecule has 15 rings (SSSR count). The number of aliphatic hydroxyl groups excluding tert-OH is 1. The molecule has 0 aliphatic carbocycles. The number of carbonyl (C=O) groups is 9. The summed E-state index contributed by atoms with van der Waals surface area (Å²) in [6.07, 6.45) is 18.0. The van der Waals surface area contributed by atoms with Gasteiger partial charge in [-0.3, -0.25) is 34.5 Å². The monoisotopic (exact) mass is 1800 g/mol. The van der Waals surface area contributed by atoms with Crippen LogP contribution in [-0.4, -0.2) is 217 Å². The van der Waals surface area contributed by atoms with Gasteiger partial charge < -0.3 is 81.2 Å². The molecule has 5 amide bonds. The van der Waals surface area contributed by atoms with Crippen LogP contribution in [0.5, 0.6) is 0 Å². The van der Waals surface area contributed by atoms with Crippen LogP contribution in [0.1, 0.15) is 177 Å². The van der Waals surface area contributed by atoms with Crippen LogP contribution in [0.4, 0.5) is 24.9 Å². The average Bonchev–Trinajstić information content (AvgIpc) is 1.67. The molecule has 2 saturated heterocycles. The molecule has 1 atom stereocenters. The van der Waals surface area contributed by atoms with Gasteiger partial charge in [-0.05, 0) is 99.0 Å². The highest BCUT2D eigenvalue weighted by Gasteiger charge is 2.38. The van der Waals surface area contributed by atoms with Crippen LogP contribution in [-0.2, 0) is 71.9 Å². The van der Waals surface area contributed by atoms with Gasteiger partial charge in [0.1, 0.15) is 112 Å². The number of nitrogens with zero attached hydrogens (tertiary/aromatic N) is 13. The van der Waals surface area contributed by atoms with Gasteiger partial charge in [-0.15, -0.1) is 0 Å². The number of fused-ring (bicyclic) bond motifs is 3. The first-order chi connectivity index (χ1) is 56.5. The van der Waals surface area contributed by atoms with Gasteiger partial charge in [0.05, 0.1) is 13.1 Å². The van der Waals surface area contributed by atoms with E-state index in [1.54, 1.807) is 85.4 Å². The lowest BCUT2D eigenvalue weighted by Gasteiger charge is -2.32. The molecule has 10 aromatic rings. The SMILES string of the molecule is C.C.C.CC(C)(C)OC(=O)N1CCC(=O)C(C(=O)c2cocn2)C1.CC(C)(C)OC(=O)N1CCC(=O)CC1.CC(C)(C)OC(=O)N1CCc2[nH]nc(-c3cocn3)c2C1.CCO.N=N.O=C(Cl)c1cocn1.O=C(Nc1cccc(Cl)c1)N1CCc2[nH]nc(-c3cocn3)c2C1.O=C(O)c1cocn1.O=S(Cl)Cl.[HH].c1nc(-c2n[nH]c3c2CNCC3)co1. The number of likely N-dealkylation sites (tertiary alicyclic amines) is 2. The molecule has 14 heterocycles. The van der Waals surface area contributed by atoms with Crippen molar-refractivity contribution in [3.05, 3.63) is 156 Å². The molecule has 9 aromatic heterocycles. The van der Waals surface area contributed by atoms with E-state index in [0.29, 0.717) is 80.6 Å². The number of oxazole rings is 6. The van der Waals surface area contributed by atoms with Crippen LogP contribution in [0, 0.1) is 17.0 Å². The minimum Gasteiger partial charge on any atom is -0.476 e. The van der Waals surface area contributed by atoms with Crippen molar-refractivity contribution in [1.29, 1.82) is 11.1 Å². The third-order valence-electron chi connectivity index (χ3n) is 16.0. The van der Waals surface area contributed by atoms with E-state index in [9.17, 15) is 43.2 Å². The Bertz CT molecular complexity index is 4800. The number of aromatic amines is 3. The molecule has 9 N–H and O–H groups in total. The number of piperidine rings is 2. The predicted octanol–water partition coefficient (Wildman–Crippen LogP) is 14.9. The predicted molar refractivity (Wildman–Crippen MR) is 447 cm³/mol. The molecule has 0 radical (unpaired) electrons. The number of halogens is 4. The average molecular weight is 1810 g/mol. The molecule has 0 saturated carbocycles. The van der Waals surface area contributed by atoms with Crippen molar-refractivity contribution in [2.45, 2.75) is 166 Å². The van der Waals surface area contributed by atoms with Crippen LogP contribution >= 0.6 is 44.6 Å². The number of hydrogen-bond donors (Lipinski definition) is 9. The number of carbonyl (C=O) groups excluding carboxylic acids is 8. The summed E-state index contributed by atoms with van der Waals surface area (Å²) >= 11 is 10.9. The van der Waals surface area contributed by atoms with E-state index >= 15 is 0 Å². The number of anilines is 1. The maximum atomic E-state index is 12.5. The first-order valence-electron chi connectivity index (χ1n) is 36.1. The number of aromatic carboxylic acids is 1. The van der Waals surface area contributed by atoms with Crippen molar-refractivity contribution in [2.24, 2.45) is 5.92 Å². The molecule has 5 aliphatic heterocycles. The van der Waals surface area contributed by atoms with Crippen molar-refractivity contribution in [2.75, 3.05) is 57.7 Å². The summed E-state index contributed by atoms with van der Waals surface area (Å²) < 4.78 is 53.5. The van der Waals surface area contributed by atoms with Crippen molar-refractivity contribution in [1.82, 2.24) is 85.4 Å². The number of carboxylic acids is 1. The minimum atomic E-state index is -1.67. The number of nitrogens with one attached hydrogen (secondary N) is 7. The van der Waals surface area contributed by atoms with Crippen LogP contribution < -0.4 is 10.6 Å². The highest BCUT2D eigenvalue weighted by atomic mass is 36.0. The number of carboxylic acid groups (broad SMARTS) is 1. The van der Waals surface area contributed by atoms with E-state index in [1.807, 2.05) is 41.5 Å². The van der Waals surface area contributed by atoms with Gasteiger partial charge >= 0.3 is 30.3 Å². The molecule has 5 aliphatic rings. The molecule has 0 bridgehead atoms. The fourth-order valence-corrected chi connectivity index (χ4v) is 11.1. The highest BCUT2D eigenvalue weighted by molar-refractivity contribution is 8.26. The zero-order valence-electron chi connectivity index (χ0n) is 66.2.